The van der Waals surface area contributed by atoms with Gasteiger partial charge < -0.3 is 10.6 Å². The van der Waals surface area contributed by atoms with Crippen LogP contribution in [-0.2, 0) is 6.54 Å². The van der Waals surface area contributed by atoms with Gasteiger partial charge in [-0.05, 0) is 24.6 Å². The zero-order chi connectivity index (χ0) is 17.1. The number of nitrogens with two attached hydrogens (primary N) is 1. The molecular weight excluding hydrogens is 310 g/mol. The van der Waals surface area contributed by atoms with Gasteiger partial charge in [-0.3, -0.25) is 9.59 Å². The standard InChI is InChI=1S/C17H21N3O2S/c1-10(2)16-19-11(3)14(23-16)17(22)20(4)9-12-6-5-7-13(8-12)15(18)21/h5-8,10H,9H2,1-4H3,(H2,18,21). The molecule has 1 aromatic carbocycles. The van der Waals surface area contributed by atoms with Gasteiger partial charge in [0.05, 0.1) is 10.7 Å². The number of nitrogens with zero attached hydrogens (tertiary/aromatic N) is 2. The van der Waals surface area contributed by atoms with E-state index in [4.69, 9.17) is 5.73 Å². The highest BCUT2D eigenvalue weighted by atomic mass is 32.1. The molecule has 0 unspecified atom stereocenters. The highest BCUT2D eigenvalue weighted by Crippen LogP contribution is 2.25. The molecule has 0 radical (unpaired) electrons. The molecular formula is C17H21N3O2S. The quantitative estimate of drug-likeness (QED) is 0.915. The fourth-order valence-corrected chi connectivity index (χ4v) is 3.27. The average molecular weight is 331 g/mol. The minimum Gasteiger partial charge on any atom is -0.366 e. The van der Waals surface area contributed by atoms with Crippen molar-refractivity contribution in [2.45, 2.75) is 33.2 Å². The van der Waals surface area contributed by atoms with Gasteiger partial charge in [-0.25, -0.2) is 4.98 Å². The molecule has 2 amide bonds. The lowest BCUT2D eigenvalue weighted by Crippen LogP contribution is -2.26. The fraction of sp³-hybridized carbons (Fsp3) is 0.353. The Morgan fingerprint density at radius 1 is 1.35 bits per heavy atom. The van der Waals surface area contributed by atoms with Crippen molar-refractivity contribution in [3.8, 4) is 0 Å². The summed E-state index contributed by atoms with van der Waals surface area (Å²) < 4.78 is 0. The smallest absolute Gasteiger partial charge is 0.265 e. The number of carbonyl (C=O) groups excluding carboxylic acids is 2. The van der Waals surface area contributed by atoms with Crippen LogP contribution < -0.4 is 5.73 Å². The van der Waals surface area contributed by atoms with Crippen molar-refractivity contribution < 1.29 is 9.59 Å². The van der Waals surface area contributed by atoms with Crippen LogP contribution in [0.1, 0.15) is 56.1 Å². The number of amides is 2. The van der Waals surface area contributed by atoms with E-state index >= 15 is 0 Å². The third kappa shape index (κ3) is 3.96. The van der Waals surface area contributed by atoms with E-state index < -0.39 is 5.91 Å². The first-order chi connectivity index (χ1) is 10.8. The number of rotatable bonds is 5. The van der Waals surface area contributed by atoms with Crippen LogP contribution in [0.25, 0.3) is 0 Å². The molecule has 0 bridgehead atoms. The second-order valence-corrected chi connectivity index (χ2v) is 6.88. The summed E-state index contributed by atoms with van der Waals surface area (Å²) in [6.45, 7) is 6.39. The molecule has 2 N–H and O–H groups in total. The Morgan fingerprint density at radius 2 is 2.04 bits per heavy atom. The van der Waals surface area contributed by atoms with Crippen LogP contribution in [0.15, 0.2) is 24.3 Å². The van der Waals surface area contributed by atoms with Gasteiger partial charge in [-0.2, -0.15) is 0 Å². The summed E-state index contributed by atoms with van der Waals surface area (Å²) in [6, 6.07) is 7.01. The molecule has 0 spiro atoms. The van der Waals surface area contributed by atoms with Gasteiger partial charge in [0.15, 0.2) is 0 Å². The molecule has 0 atom stereocenters. The van der Waals surface area contributed by atoms with E-state index in [1.807, 2.05) is 13.0 Å². The number of hydrogen-bond acceptors (Lipinski definition) is 4. The van der Waals surface area contributed by atoms with Crippen molar-refractivity contribution in [1.82, 2.24) is 9.88 Å². The van der Waals surface area contributed by atoms with E-state index in [2.05, 4.69) is 18.8 Å². The van der Waals surface area contributed by atoms with Crippen molar-refractivity contribution in [3.05, 3.63) is 51.0 Å². The first kappa shape index (κ1) is 17.1. The summed E-state index contributed by atoms with van der Waals surface area (Å²) in [4.78, 5) is 30.6. The van der Waals surface area contributed by atoms with E-state index in [0.717, 1.165) is 16.3 Å². The van der Waals surface area contributed by atoms with Crippen LogP contribution in [0.2, 0.25) is 0 Å². The molecule has 5 nitrogen and oxygen atoms in total. The number of primary amides is 1. The van der Waals surface area contributed by atoms with Crippen molar-refractivity contribution in [1.29, 1.82) is 0 Å². The summed E-state index contributed by atoms with van der Waals surface area (Å²) in [5.74, 6) is -0.227. The predicted molar refractivity (Wildman–Crippen MR) is 91.7 cm³/mol. The van der Waals surface area contributed by atoms with Crippen LogP contribution >= 0.6 is 11.3 Å². The molecule has 0 saturated carbocycles. The molecule has 2 rings (SSSR count). The Balaban J connectivity index is 2.17. The predicted octanol–water partition coefficient (Wildman–Crippen LogP) is 2.95. The molecule has 1 heterocycles. The third-order valence-electron chi connectivity index (χ3n) is 3.48. The summed E-state index contributed by atoms with van der Waals surface area (Å²) in [5.41, 5.74) is 7.36. The minimum absolute atomic E-state index is 0.0589. The maximum atomic E-state index is 12.6. The Morgan fingerprint density at radius 3 is 2.61 bits per heavy atom. The molecule has 23 heavy (non-hydrogen) atoms. The van der Waals surface area contributed by atoms with Crippen LogP contribution in [0.3, 0.4) is 0 Å². The molecule has 0 aliphatic rings. The molecule has 6 heteroatoms. The van der Waals surface area contributed by atoms with Crippen LogP contribution in [-0.4, -0.2) is 28.7 Å². The van der Waals surface area contributed by atoms with Crippen molar-refractivity contribution in [2.75, 3.05) is 7.05 Å². The first-order valence-electron chi connectivity index (χ1n) is 7.41. The highest BCUT2D eigenvalue weighted by Gasteiger charge is 2.20. The summed E-state index contributed by atoms with van der Waals surface area (Å²) >= 11 is 1.45. The molecule has 0 aliphatic carbocycles. The Hall–Kier alpha value is -2.21. The van der Waals surface area contributed by atoms with Gasteiger partial charge >= 0.3 is 0 Å². The molecule has 2 aromatic rings. The molecule has 0 saturated heterocycles. The largest absolute Gasteiger partial charge is 0.366 e. The van der Waals surface area contributed by atoms with Crippen LogP contribution in [0.5, 0.6) is 0 Å². The van der Waals surface area contributed by atoms with Crippen LogP contribution in [0, 0.1) is 6.92 Å². The van der Waals surface area contributed by atoms with E-state index in [1.165, 1.54) is 11.3 Å². The average Bonchev–Trinajstić information content (AvgIpc) is 2.89. The fourth-order valence-electron chi connectivity index (χ4n) is 2.20. The summed E-state index contributed by atoms with van der Waals surface area (Å²) in [5, 5.41) is 0.968. The van der Waals surface area contributed by atoms with Crippen LogP contribution in [0.4, 0.5) is 0 Å². The lowest BCUT2D eigenvalue weighted by Gasteiger charge is -2.17. The zero-order valence-corrected chi connectivity index (χ0v) is 14.6. The van der Waals surface area contributed by atoms with E-state index in [1.54, 1.807) is 30.1 Å². The molecule has 0 fully saturated rings. The lowest BCUT2D eigenvalue weighted by molar-refractivity contribution is 0.0789. The number of thiazole rings is 1. The van der Waals surface area contributed by atoms with E-state index in [9.17, 15) is 9.59 Å². The molecule has 1 aromatic heterocycles. The number of benzene rings is 1. The highest BCUT2D eigenvalue weighted by molar-refractivity contribution is 7.13. The topological polar surface area (TPSA) is 76.3 Å². The van der Waals surface area contributed by atoms with E-state index in [-0.39, 0.29) is 5.91 Å². The number of aromatic nitrogens is 1. The molecule has 122 valence electrons. The van der Waals surface area contributed by atoms with Gasteiger partial charge in [0.1, 0.15) is 4.88 Å². The number of aryl methyl sites for hydroxylation is 1. The van der Waals surface area contributed by atoms with Gasteiger partial charge in [-0.1, -0.05) is 26.0 Å². The maximum Gasteiger partial charge on any atom is 0.265 e. The SMILES string of the molecule is Cc1nc(C(C)C)sc1C(=O)N(C)Cc1cccc(C(N)=O)c1. The normalized spacial score (nSPS) is 10.8. The van der Waals surface area contributed by atoms with Gasteiger partial charge in [0.25, 0.3) is 5.91 Å². The van der Waals surface area contributed by atoms with Crippen molar-refractivity contribution in [2.24, 2.45) is 5.73 Å². The second-order valence-electron chi connectivity index (χ2n) is 5.85. The van der Waals surface area contributed by atoms with Gasteiger partial charge in [-0.15, -0.1) is 11.3 Å². The number of hydrogen-bond donors (Lipinski definition) is 1. The molecule has 0 aliphatic heterocycles. The number of carbonyl (C=O) groups is 2. The van der Waals surface area contributed by atoms with Crippen molar-refractivity contribution >= 4 is 23.2 Å². The summed E-state index contributed by atoms with van der Waals surface area (Å²) in [6.07, 6.45) is 0. The van der Waals surface area contributed by atoms with Crippen molar-refractivity contribution in [3.63, 3.8) is 0 Å². The first-order valence-corrected chi connectivity index (χ1v) is 8.22. The second kappa shape index (κ2) is 6.91. The van der Waals surface area contributed by atoms with Gasteiger partial charge in [0, 0.05) is 25.1 Å². The lowest BCUT2D eigenvalue weighted by atomic mass is 10.1. The maximum absolute atomic E-state index is 12.6. The van der Waals surface area contributed by atoms with Gasteiger partial charge in [0.2, 0.25) is 5.91 Å². The van der Waals surface area contributed by atoms with E-state index in [0.29, 0.717) is 22.9 Å². The Bertz CT molecular complexity index is 737. The zero-order valence-electron chi connectivity index (χ0n) is 13.8. The monoisotopic (exact) mass is 331 g/mol. The third-order valence-corrected chi connectivity index (χ3v) is 4.93. The summed E-state index contributed by atoms with van der Waals surface area (Å²) in [7, 11) is 1.74. The Labute approximate surface area is 140 Å². The minimum atomic E-state index is -0.472. The Kier molecular flexibility index (Phi) is 5.15.